The molecule has 1 fully saturated rings. The maximum Gasteiger partial charge on any atom is 0.239 e. The van der Waals surface area contributed by atoms with Crippen LogP contribution in [0.1, 0.15) is 65.9 Å². The molecule has 0 bridgehead atoms. The second kappa shape index (κ2) is 9.44. The zero-order chi connectivity index (χ0) is 20.9. The molecule has 1 aliphatic rings. The number of hydrogen-bond donors (Lipinski definition) is 1. The van der Waals surface area contributed by atoms with Gasteiger partial charge in [0.15, 0.2) is 0 Å². The van der Waals surface area contributed by atoms with E-state index in [0.717, 1.165) is 62.3 Å². The Labute approximate surface area is 170 Å². The highest BCUT2D eigenvalue weighted by molar-refractivity contribution is 6.10. The van der Waals surface area contributed by atoms with Crippen molar-refractivity contribution >= 4 is 23.2 Å². The molecule has 5 nitrogen and oxygen atoms in total. The molecule has 0 saturated carbocycles. The molecule has 1 aromatic rings. The lowest BCUT2D eigenvalue weighted by Crippen LogP contribution is -2.52. The van der Waals surface area contributed by atoms with E-state index in [1.165, 1.54) is 0 Å². The summed E-state index contributed by atoms with van der Waals surface area (Å²) in [6.45, 7) is 14.5. The first-order valence-electron chi connectivity index (χ1n) is 10.7. The molecule has 0 aromatic heterocycles. The monoisotopic (exact) mass is 387 g/mol. The molecule has 1 aliphatic heterocycles. The van der Waals surface area contributed by atoms with Crippen LogP contribution in [0.15, 0.2) is 18.2 Å². The maximum absolute atomic E-state index is 13.2. The van der Waals surface area contributed by atoms with Crippen LogP contribution in [-0.2, 0) is 9.59 Å². The summed E-state index contributed by atoms with van der Waals surface area (Å²) in [6.07, 6.45) is 4.15. The van der Waals surface area contributed by atoms with Crippen LogP contribution in [0.2, 0.25) is 0 Å². The predicted molar refractivity (Wildman–Crippen MR) is 117 cm³/mol. The van der Waals surface area contributed by atoms with Crippen molar-refractivity contribution < 1.29 is 9.59 Å². The summed E-state index contributed by atoms with van der Waals surface area (Å²) in [6, 6.07) is 6.32. The number of piperidine rings is 1. The number of carbonyl (C=O) groups is 2. The lowest BCUT2D eigenvalue weighted by atomic mass is 9.87. The van der Waals surface area contributed by atoms with Gasteiger partial charge in [-0.05, 0) is 84.1 Å². The lowest BCUT2D eigenvalue weighted by molar-refractivity contribution is -0.149. The van der Waals surface area contributed by atoms with Gasteiger partial charge < -0.3 is 15.1 Å². The molecule has 0 radical (unpaired) electrons. The van der Waals surface area contributed by atoms with E-state index in [4.69, 9.17) is 0 Å². The summed E-state index contributed by atoms with van der Waals surface area (Å²) in [5, 5.41) is 3.00. The molecule has 1 unspecified atom stereocenters. The van der Waals surface area contributed by atoms with Gasteiger partial charge in [-0.25, -0.2) is 0 Å². The van der Waals surface area contributed by atoms with Gasteiger partial charge in [-0.3, -0.25) is 9.59 Å². The molecule has 1 aromatic carbocycles. The van der Waals surface area contributed by atoms with Crippen molar-refractivity contribution in [3.8, 4) is 0 Å². The molecule has 2 rings (SSSR count). The van der Waals surface area contributed by atoms with E-state index in [1.807, 2.05) is 24.0 Å². The quantitative estimate of drug-likeness (QED) is 0.696. The zero-order valence-electron chi connectivity index (χ0n) is 18.5. The number of aryl methyl sites for hydroxylation is 1. The van der Waals surface area contributed by atoms with E-state index in [1.54, 1.807) is 13.8 Å². The van der Waals surface area contributed by atoms with Crippen molar-refractivity contribution in [1.82, 2.24) is 4.90 Å². The van der Waals surface area contributed by atoms with E-state index < -0.39 is 5.41 Å². The number of anilines is 2. The van der Waals surface area contributed by atoms with Gasteiger partial charge in [-0.1, -0.05) is 6.92 Å². The molecule has 1 saturated heterocycles. The van der Waals surface area contributed by atoms with Crippen LogP contribution in [0, 0.1) is 12.3 Å². The fraction of sp³-hybridized carbons (Fsp3) is 0.652. The van der Waals surface area contributed by atoms with Crippen LogP contribution < -0.4 is 10.2 Å². The first-order valence-corrected chi connectivity index (χ1v) is 10.7. The van der Waals surface area contributed by atoms with E-state index in [-0.39, 0.29) is 17.9 Å². The number of hydrogen-bond acceptors (Lipinski definition) is 3. The number of nitrogens with one attached hydrogen (secondary N) is 1. The normalized spacial score (nSPS) is 17.4. The SMILES string of the molecule is CCC1CCCCN1C(=O)C(C)(C)C(=O)Nc1ccc(N(CC)CC)cc1C. The molecule has 1 N–H and O–H groups in total. The van der Waals surface area contributed by atoms with Crippen molar-refractivity contribution in [2.24, 2.45) is 5.41 Å². The van der Waals surface area contributed by atoms with E-state index in [2.05, 4.69) is 37.1 Å². The number of carbonyl (C=O) groups excluding carboxylic acids is 2. The third-order valence-electron chi connectivity index (χ3n) is 6.05. The minimum absolute atomic E-state index is 0.0611. The molecular formula is C23H37N3O2. The molecule has 2 amide bonds. The minimum Gasteiger partial charge on any atom is -0.372 e. The standard InChI is InChI=1S/C23H37N3O2/c1-7-18-12-10-11-15-26(18)22(28)23(5,6)21(27)24-20-14-13-19(16-17(20)4)25(8-2)9-3/h13-14,16,18H,7-12,15H2,1-6H3,(H,24,27). The third kappa shape index (κ3) is 4.68. The maximum atomic E-state index is 13.2. The highest BCUT2D eigenvalue weighted by atomic mass is 16.2. The van der Waals surface area contributed by atoms with Crippen LogP contribution in [0.4, 0.5) is 11.4 Å². The smallest absolute Gasteiger partial charge is 0.239 e. The summed E-state index contributed by atoms with van der Waals surface area (Å²) >= 11 is 0. The fourth-order valence-electron chi connectivity index (χ4n) is 4.00. The van der Waals surface area contributed by atoms with E-state index >= 15 is 0 Å². The van der Waals surface area contributed by atoms with Gasteiger partial charge in [0.2, 0.25) is 11.8 Å². The van der Waals surface area contributed by atoms with Gasteiger partial charge in [0.25, 0.3) is 0 Å². The molecule has 1 atom stereocenters. The number of nitrogens with zero attached hydrogens (tertiary/aromatic N) is 2. The van der Waals surface area contributed by atoms with E-state index in [0.29, 0.717) is 0 Å². The largest absolute Gasteiger partial charge is 0.372 e. The number of rotatable bonds is 7. The highest BCUT2D eigenvalue weighted by Crippen LogP contribution is 2.29. The van der Waals surface area contributed by atoms with Crippen molar-refractivity contribution in [3.63, 3.8) is 0 Å². The molecule has 156 valence electrons. The average Bonchev–Trinajstić information content (AvgIpc) is 2.70. The van der Waals surface area contributed by atoms with Gasteiger partial charge in [-0.2, -0.15) is 0 Å². The Hall–Kier alpha value is -2.04. The summed E-state index contributed by atoms with van der Waals surface area (Å²) in [7, 11) is 0. The Morgan fingerprint density at radius 2 is 1.86 bits per heavy atom. The second-order valence-electron chi connectivity index (χ2n) is 8.31. The van der Waals surface area contributed by atoms with Crippen LogP contribution in [0.3, 0.4) is 0 Å². The zero-order valence-corrected chi connectivity index (χ0v) is 18.5. The molecule has 0 spiro atoms. The van der Waals surface area contributed by atoms with Gasteiger partial charge in [-0.15, -0.1) is 0 Å². The Kier molecular flexibility index (Phi) is 7.50. The van der Waals surface area contributed by atoms with Crippen molar-refractivity contribution in [2.75, 3.05) is 29.9 Å². The molecule has 0 aliphatic carbocycles. The summed E-state index contributed by atoms with van der Waals surface area (Å²) in [4.78, 5) is 30.4. The topological polar surface area (TPSA) is 52.7 Å². The summed E-state index contributed by atoms with van der Waals surface area (Å²) in [5.74, 6) is -0.300. The Morgan fingerprint density at radius 1 is 1.18 bits per heavy atom. The van der Waals surface area contributed by atoms with Crippen molar-refractivity contribution in [1.29, 1.82) is 0 Å². The average molecular weight is 388 g/mol. The van der Waals surface area contributed by atoms with Gasteiger partial charge in [0.1, 0.15) is 5.41 Å². The summed E-state index contributed by atoms with van der Waals surface area (Å²) < 4.78 is 0. The van der Waals surface area contributed by atoms with Gasteiger partial charge >= 0.3 is 0 Å². The van der Waals surface area contributed by atoms with Gasteiger partial charge in [0.05, 0.1) is 0 Å². The summed E-state index contributed by atoms with van der Waals surface area (Å²) in [5.41, 5.74) is 1.84. The van der Waals surface area contributed by atoms with Crippen LogP contribution >= 0.6 is 0 Å². The number of benzene rings is 1. The Morgan fingerprint density at radius 3 is 2.43 bits per heavy atom. The molecule has 1 heterocycles. The lowest BCUT2D eigenvalue weighted by Gasteiger charge is -2.39. The minimum atomic E-state index is -1.09. The molecule has 5 heteroatoms. The fourth-order valence-corrected chi connectivity index (χ4v) is 4.00. The van der Waals surface area contributed by atoms with E-state index in [9.17, 15) is 9.59 Å². The van der Waals surface area contributed by atoms with Crippen molar-refractivity contribution in [2.45, 2.75) is 73.3 Å². The Balaban J connectivity index is 2.15. The van der Waals surface area contributed by atoms with Gasteiger partial charge in [0, 0.05) is 37.1 Å². The molecule has 28 heavy (non-hydrogen) atoms. The van der Waals surface area contributed by atoms with Crippen LogP contribution in [0.5, 0.6) is 0 Å². The number of amides is 2. The van der Waals surface area contributed by atoms with Crippen LogP contribution in [-0.4, -0.2) is 42.4 Å². The molecular weight excluding hydrogens is 350 g/mol. The number of likely N-dealkylation sites (tertiary alicyclic amines) is 1. The third-order valence-corrected chi connectivity index (χ3v) is 6.05. The van der Waals surface area contributed by atoms with Crippen LogP contribution in [0.25, 0.3) is 0 Å². The Bertz CT molecular complexity index is 695. The first kappa shape index (κ1) is 22.3. The predicted octanol–water partition coefficient (Wildman–Crippen LogP) is 4.60. The van der Waals surface area contributed by atoms with Crippen molar-refractivity contribution in [3.05, 3.63) is 23.8 Å². The highest BCUT2D eigenvalue weighted by Gasteiger charge is 2.41. The first-order chi connectivity index (χ1) is 13.3. The second-order valence-corrected chi connectivity index (χ2v) is 8.31.